The molecule has 0 amide bonds. The van der Waals surface area contributed by atoms with Gasteiger partial charge in [0.2, 0.25) is 9.76 Å². The molecule has 0 atom stereocenters. The highest BCUT2D eigenvalue weighted by atomic mass is 28.2. The van der Waals surface area contributed by atoms with Crippen molar-refractivity contribution in [1.82, 2.24) is 0 Å². The van der Waals surface area contributed by atoms with Crippen molar-refractivity contribution in [1.29, 1.82) is 0 Å². The lowest BCUT2D eigenvalue weighted by Gasteiger charge is -2.12. The van der Waals surface area contributed by atoms with Gasteiger partial charge in [0.15, 0.2) is 0 Å². The van der Waals surface area contributed by atoms with E-state index in [1.807, 2.05) is 0 Å². The molecule has 0 aromatic carbocycles. The molecular weight excluding hydrogens is 292 g/mol. The molecule has 0 aliphatic rings. The summed E-state index contributed by atoms with van der Waals surface area (Å²) in [5.74, 6) is 0. The van der Waals surface area contributed by atoms with E-state index in [0.717, 1.165) is 25.7 Å². The molecule has 0 aliphatic heterocycles. The van der Waals surface area contributed by atoms with Gasteiger partial charge in [0.05, 0.1) is 6.61 Å². The van der Waals surface area contributed by atoms with E-state index in [-0.39, 0.29) is 0 Å². The molecular formula is C18H38O3Si. The summed E-state index contributed by atoms with van der Waals surface area (Å²) in [5.41, 5.74) is 0.602. The Labute approximate surface area is 140 Å². The van der Waals surface area contributed by atoms with Crippen molar-refractivity contribution in [2.24, 2.45) is 0 Å². The van der Waals surface area contributed by atoms with E-state index in [1.165, 1.54) is 51.4 Å². The first-order chi connectivity index (χ1) is 10.7. The summed E-state index contributed by atoms with van der Waals surface area (Å²) in [7, 11) is -0.757. The zero-order valence-electron chi connectivity index (χ0n) is 15.2. The van der Waals surface area contributed by atoms with Gasteiger partial charge in [-0.05, 0) is 12.0 Å². The molecule has 0 unspecified atom stereocenters. The van der Waals surface area contributed by atoms with Gasteiger partial charge in [0.1, 0.15) is 0 Å². The topological polar surface area (TPSA) is 35.5 Å². The fourth-order valence-corrected chi connectivity index (χ4v) is 3.42. The zero-order valence-corrected chi connectivity index (χ0v) is 16.6. The van der Waals surface area contributed by atoms with Gasteiger partial charge in [-0.15, -0.1) is 0 Å². The maximum atomic E-state index is 11.4. The summed E-state index contributed by atoms with van der Waals surface area (Å²) < 4.78 is 10.4. The second-order valence-electron chi connectivity index (χ2n) is 6.27. The Hall–Kier alpha value is -0.513. The average Bonchev–Trinajstić information content (AvgIpc) is 2.53. The average molecular weight is 331 g/mol. The maximum Gasteiger partial charge on any atom is 0.493 e. The Balaban J connectivity index is 3.23. The smallest absolute Gasteiger partial charge is 0.493 e. The SMILES string of the molecule is CCCCCCCCCCCCOC(=O)O[SiH2]C(CC)CC. The van der Waals surface area contributed by atoms with E-state index in [4.69, 9.17) is 9.16 Å². The summed E-state index contributed by atoms with van der Waals surface area (Å²) in [6, 6.07) is 0. The quantitative estimate of drug-likeness (QED) is 0.218. The van der Waals surface area contributed by atoms with Crippen LogP contribution in [0.2, 0.25) is 5.54 Å². The number of hydrogen-bond acceptors (Lipinski definition) is 3. The van der Waals surface area contributed by atoms with Crippen molar-refractivity contribution in [3.8, 4) is 0 Å². The Kier molecular flexibility index (Phi) is 16.5. The number of hydrogen-bond donors (Lipinski definition) is 0. The Morgan fingerprint density at radius 3 is 1.82 bits per heavy atom. The lowest BCUT2D eigenvalue weighted by atomic mass is 10.1. The first-order valence-electron chi connectivity index (χ1n) is 9.54. The van der Waals surface area contributed by atoms with Crippen molar-refractivity contribution in [3.63, 3.8) is 0 Å². The molecule has 3 nitrogen and oxygen atoms in total. The molecule has 0 aromatic rings. The molecule has 0 N–H and O–H groups in total. The molecule has 0 bridgehead atoms. The molecule has 4 heteroatoms. The molecule has 0 spiro atoms. The Bertz CT molecular complexity index is 242. The van der Waals surface area contributed by atoms with Crippen LogP contribution < -0.4 is 0 Å². The molecule has 0 rings (SSSR count). The highest BCUT2D eigenvalue weighted by molar-refractivity contribution is 6.32. The lowest BCUT2D eigenvalue weighted by Crippen LogP contribution is -2.15. The molecule has 0 fully saturated rings. The van der Waals surface area contributed by atoms with Gasteiger partial charge in [-0.25, -0.2) is 4.79 Å². The minimum atomic E-state index is -0.757. The number of unbranched alkanes of at least 4 members (excludes halogenated alkanes) is 9. The predicted molar refractivity (Wildman–Crippen MR) is 97.2 cm³/mol. The van der Waals surface area contributed by atoms with Crippen LogP contribution in [-0.2, 0) is 9.16 Å². The van der Waals surface area contributed by atoms with Crippen LogP contribution in [0.4, 0.5) is 4.79 Å². The van der Waals surface area contributed by atoms with Crippen molar-refractivity contribution in [3.05, 3.63) is 0 Å². The number of carbonyl (C=O) groups is 1. The minimum absolute atomic E-state index is 0.436. The predicted octanol–water partition coefficient (Wildman–Crippen LogP) is 5.75. The molecule has 22 heavy (non-hydrogen) atoms. The molecule has 0 aliphatic carbocycles. The summed E-state index contributed by atoms with van der Waals surface area (Å²) >= 11 is 0. The van der Waals surface area contributed by atoms with E-state index < -0.39 is 15.9 Å². The second kappa shape index (κ2) is 16.9. The highest BCUT2D eigenvalue weighted by Gasteiger charge is 2.09. The van der Waals surface area contributed by atoms with Gasteiger partial charge in [-0.1, -0.05) is 91.4 Å². The van der Waals surface area contributed by atoms with Crippen LogP contribution in [0.5, 0.6) is 0 Å². The van der Waals surface area contributed by atoms with E-state index >= 15 is 0 Å². The monoisotopic (exact) mass is 330 g/mol. The maximum absolute atomic E-state index is 11.4. The summed E-state index contributed by atoms with van der Waals surface area (Å²) in [6.07, 6.45) is 14.7. The van der Waals surface area contributed by atoms with Crippen molar-refractivity contribution >= 4 is 15.9 Å². The molecule has 132 valence electrons. The third-order valence-corrected chi connectivity index (χ3v) is 6.34. The van der Waals surface area contributed by atoms with E-state index in [2.05, 4.69) is 20.8 Å². The van der Waals surface area contributed by atoms with Crippen LogP contribution in [0.3, 0.4) is 0 Å². The van der Waals surface area contributed by atoms with E-state index in [1.54, 1.807) is 0 Å². The van der Waals surface area contributed by atoms with Crippen LogP contribution in [0, 0.1) is 0 Å². The third kappa shape index (κ3) is 14.4. The molecule has 0 saturated carbocycles. The van der Waals surface area contributed by atoms with Crippen molar-refractivity contribution < 1.29 is 14.0 Å². The second-order valence-corrected chi connectivity index (χ2v) is 8.05. The largest absolute Gasteiger partial charge is 0.494 e. The van der Waals surface area contributed by atoms with Gasteiger partial charge in [-0.3, -0.25) is 0 Å². The van der Waals surface area contributed by atoms with Crippen molar-refractivity contribution in [2.75, 3.05) is 6.61 Å². The van der Waals surface area contributed by atoms with E-state index in [9.17, 15) is 4.79 Å². The standard InChI is InChI=1S/C18H38O3Si/c1-4-7-8-9-10-11-12-13-14-15-16-20-18(19)21-22-17(5-2)6-3/h17H,4-16,22H2,1-3H3. The molecule has 0 radical (unpaired) electrons. The summed E-state index contributed by atoms with van der Waals surface area (Å²) in [6.45, 7) is 7.08. The van der Waals surface area contributed by atoms with Crippen LogP contribution in [0.15, 0.2) is 0 Å². The van der Waals surface area contributed by atoms with Gasteiger partial charge in [0, 0.05) is 0 Å². The summed E-state index contributed by atoms with van der Waals surface area (Å²) in [4.78, 5) is 11.4. The first kappa shape index (κ1) is 21.5. The fraction of sp³-hybridized carbons (Fsp3) is 0.944. The minimum Gasteiger partial charge on any atom is -0.494 e. The number of rotatable bonds is 15. The zero-order chi connectivity index (χ0) is 16.5. The molecule has 0 saturated heterocycles. The third-order valence-electron chi connectivity index (χ3n) is 4.31. The number of carbonyl (C=O) groups excluding carboxylic acids is 1. The first-order valence-corrected chi connectivity index (χ1v) is 10.9. The normalized spacial score (nSPS) is 11.5. The highest BCUT2D eigenvalue weighted by Crippen LogP contribution is 2.13. The van der Waals surface area contributed by atoms with Crippen LogP contribution in [0.1, 0.15) is 97.8 Å². The number of ether oxygens (including phenoxy) is 1. The van der Waals surface area contributed by atoms with Gasteiger partial charge in [-0.2, -0.15) is 0 Å². The van der Waals surface area contributed by atoms with Crippen LogP contribution in [0.25, 0.3) is 0 Å². The molecule has 0 heterocycles. The van der Waals surface area contributed by atoms with Gasteiger partial charge < -0.3 is 9.16 Å². The lowest BCUT2D eigenvalue weighted by molar-refractivity contribution is 0.0980. The van der Waals surface area contributed by atoms with Crippen LogP contribution in [-0.4, -0.2) is 22.5 Å². The van der Waals surface area contributed by atoms with Gasteiger partial charge in [0.25, 0.3) is 0 Å². The Morgan fingerprint density at radius 1 is 0.818 bits per heavy atom. The van der Waals surface area contributed by atoms with Gasteiger partial charge >= 0.3 is 6.16 Å². The fourth-order valence-electron chi connectivity index (χ4n) is 2.50. The molecule has 0 aromatic heterocycles. The Morgan fingerprint density at radius 2 is 1.32 bits per heavy atom. The van der Waals surface area contributed by atoms with E-state index in [0.29, 0.717) is 12.1 Å². The van der Waals surface area contributed by atoms with Crippen molar-refractivity contribution in [2.45, 2.75) is 103 Å². The van der Waals surface area contributed by atoms with Crippen LogP contribution >= 0.6 is 0 Å². The summed E-state index contributed by atoms with van der Waals surface area (Å²) in [5, 5.41) is 0.